The number of carbonyl (C=O) groups excluding carboxylic acids is 1. The minimum absolute atomic E-state index is 0.0389. The quantitative estimate of drug-likeness (QED) is 0.417. The molecule has 1 amide bonds. The highest BCUT2D eigenvalue weighted by Gasteiger charge is 2.45. The molecule has 0 fully saturated rings. The van der Waals surface area contributed by atoms with E-state index in [9.17, 15) is 14.4 Å². The first-order valence-corrected chi connectivity index (χ1v) is 11.3. The molecule has 0 spiro atoms. The van der Waals surface area contributed by atoms with Crippen molar-refractivity contribution >= 4 is 42.4 Å². The van der Waals surface area contributed by atoms with Crippen LogP contribution in [-0.4, -0.2) is 25.7 Å². The van der Waals surface area contributed by atoms with Gasteiger partial charge in [-0.1, -0.05) is 32.4 Å². The van der Waals surface area contributed by atoms with Crippen LogP contribution in [-0.2, 0) is 11.0 Å². The summed E-state index contributed by atoms with van der Waals surface area (Å²) >= 11 is 6.45. The highest BCUT2D eigenvalue weighted by molar-refractivity contribution is 6.32. The summed E-state index contributed by atoms with van der Waals surface area (Å²) in [5, 5.41) is 6.54. The smallest absolute Gasteiger partial charge is 0.256 e. The Morgan fingerprint density at radius 3 is 2.21 bits per heavy atom. The molecule has 2 N–H and O–H groups in total. The summed E-state index contributed by atoms with van der Waals surface area (Å²) in [4.78, 5) is 39.9. The van der Waals surface area contributed by atoms with Crippen LogP contribution >= 0.6 is 11.6 Å². The molecule has 3 aromatic rings. The van der Waals surface area contributed by atoms with Gasteiger partial charge >= 0.3 is 0 Å². The van der Waals surface area contributed by atoms with E-state index in [1.54, 1.807) is 43.1 Å². The van der Waals surface area contributed by atoms with Crippen LogP contribution in [0.4, 0.5) is 17.1 Å². The predicted octanol–water partition coefficient (Wildman–Crippen LogP) is 4.38. The lowest BCUT2D eigenvalue weighted by Crippen LogP contribution is -2.51. The van der Waals surface area contributed by atoms with E-state index < -0.39 is 27.2 Å². The Morgan fingerprint density at radius 2 is 1.65 bits per heavy atom. The molecule has 1 aliphatic rings. The van der Waals surface area contributed by atoms with E-state index in [-0.39, 0.29) is 17.3 Å². The monoisotopic (exact) mass is 479 g/mol. The second kappa shape index (κ2) is 7.50. The van der Waals surface area contributed by atoms with Gasteiger partial charge in [0.1, 0.15) is 30.7 Å². The van der Waals surface area contributed by atoms with Crippen LogP contribution in [0.15, 0.2) is 38.3 Å². The van der Waals surface area contributed by atoms with Gasteiger partial charge in [0.15, 0.2) is 0 Å². The van der Waals surface area contributed by atoms with Gasteiger partial charge < -0.3 is 20.0 Å². The standard InChI is InChI=1S/C25H27BClN3O4/c1-12-8-11-15(34-12)25(26,23(2,3)4)29-19-18(20(31)21(19)32)28-14-10-9-13(27)17-16(14)22(33)30(7)24(17,5)6/h8-11,28-29H,1-7H3. The lowest BCUT2D eigenvalue weighted by Gasteiger charge is -2.43. The maximum absolute atomic E-state index is 13.1. The molecule has 0 saturated heterocycles. The number of amides is 1. The number of fused-ring (bicyclic) bond motifs is 1. The van der Waals surface area contributed by atoms with Gasteiger partial charge in [0.2, 0.25) is 0 Å². The van der Waals surface area contributed by atoms with Crippen LogP contribution in [0.2, 0.25) is 5.02 Å². The van der Waals surface area contributed by atoms with Gasteiger partial charge in [-0.05, 0) is 50.5 Å². The molecule has 1 aliphatic heterocycles. The first-order valence-electron chi connectivity index (χ1n) is 11.0. The van der Waals surface area contributed by atoms with Crippen LogP contribution in [0.5, 0.6) is 0 Å². The van der Waals surface area contributed by atoms with Gasteiger partial charge in [-0.3, -0.25) is 14.4 Å². The Kier molecular flexibility index (Phi) is 5.33. The molecule has 2 aromatic carbocycles. The zero-order valence-corrected chi connectivity index (χ0v) is 21.1. The molecule has 0 aliphatic carbocycles. The number of hydrogen-bond acceptors (Lipinski definition) is 6. The number of aryl methyl sites for hydroxylation is 1. The summed E-state index contributed by atoms with van der Waals surface area (Å²) in [5.74, 6) is 0.871. The van der Waals surface area contributed by atoms with E-state index in [4.69, 9.17) is 23.9 Å². The van der Waals surface area contributed by atoms with Crippen molar-refractivity contribution in [3.8, 4) is 0 Å². The van der Waals surface area contributed by atoms with E-state index in [1.165, 1.54) is 0 Å². The second-order valence-corrected chi connectivity index (χ2v) is 10.8. The summed E-state index contributed by atoms with van der Waals surface area (Å²) in [6.45, 7) is 11.3. The zero-order valence-electron chi connectivity index (χ0n) is 20.3. The van der Waals surface area contributed by atoms with Crippen LogP contribution < -0.4 is 21.5 Å². The van der Waals surface area contributed by atoms with Gasteiger partial charge in [-0.15, -0.1) is 0 Å². The Morgan fingerprint density at radius 1 is 1.03 bits per heavy atom. The summed E-state index contributed by atoms with van der Waals surface area (Å²) < 4.78 is 5.79. The van der Waals surface area contributed by atoms with Crippen LogP contribution in [0.25, 0.3) is 0 Å². The number of nitrogens with one attached hydrogen (secondary N) is 2. The van der Waals surface area contributed by atoms with Crippen molar-refractivity contribution in [2.24, 2.45) is 5.41 Å². The number of benzene rings is 1. The Hall–Kier alpha value is -3.00. The third-order valence-electron chi connectivity index (χ3n) is 6.93. The van der Waals surface area contributed by atoms with Crippen LogP contribution in [0, 0.1) is 12.3 Å². The minimum atomic E-state index is -1.29. The van der Waals surface area contributed by atoms with E-state index in [2.05, 4.69) is 10.6 Å². The van der Waals surface area contributed by atoms with Gasteiger partial charge in [-0.2, -0.15) is 0 Å². The van der Waals surface area contributed by atoms with Gasteiger partial charge in [0.25, 0.3) is 16.8 Å². The highest BCUT2D eigenvalue weighted by Crippen LogP contribution is 2.46. The van der Waals surface area contributed by atoms with E-state index >= 15 is 0 Å². The molecule has 9 heteroatoms. The van der Waals surface area contributed by atoms with Crippen molar-refractivity contribution in [1.29, 1.82) is 0 Å². The molecular weight excluding hydrogens is 453 g/mol. The number of nitrogens with zero attached hydrogens (tertiary/aromatic N) is 1. The summed E-state index contributed by atoms with van der Waals surface area (Å²) in [6, 6.07) is 6.83. The fraction of sp³-hybridized carbons (Fsp3) is 0.400. The van der Waals surface area contributed by atoms with E-state index in [1.807, 2.05) is 34.6 Å². The Labute approximate surface area is 204 Å². The molecule has 4 rings (SSSR count). The van der Waals surface area contributed by atoms with Crippen LogP contribution in [0.1, 0.15) is 62.1 Å². The minimum Gasteiger partial charge on any atom is -0.465 e. The van der Waals surface area contributed by atoms with Crippen molar-refractivity contribution < 1.29 is 9.21 Å². The van der Waals surface area contributed by atoms with Crippen molar-refractivity contribution in [3.05, 3.63) is 72.4 Å². The van der Waals surface area contributed by atoms with E-state index in [0.29, 0.717) is 33.4 Å². The van der Waals surface area contributed by atoms with E-state index in [0.717, 1.165) is 0 Å². The van der Waals surface area contributed by atoms with Crippen LogP contribution in [0.3, 0.4) is 0 Å². The molecule has 176 valence electrons. The number of carbonyl (C=O) groups is 1. The lowest BCUT2D eigenvalue weighted by molar-refractivity contribution is 0.0692. The molecular formula is C25H27BClN3O4. The fourth-order valence-electron chi connectivity index (χ4n) is 4.32. The number of hydrogen-bond donors (Lipinski definition) is 2. The van der Waals surface area contributed by atoms with Crippen molar-refractivity contribution in [3.63, 3.8) is 0 Å². The second-order valence-electron chi connectivity index (χ2n) is 10.4. The largest absolute Gasteiger partial charge is 0.465 e. The van der Waals surface area contributed by atoms with Gasteiger partial charge in [0, 0.05) is 17.6 Å². The molecule has 2 heterocycles. The molecule has 1 aromatic heterocycles. The summed E-state index contributed by atoms with van der Waals surface area (Å²) in [7, 11) is 8.46. The lowest BCUT2D eigenvalue weighted by atomic mass is 9.59. The highest BCUT2D eigenvalue weighted by atomic mass is 35.5. The summed E-state index contributed by atoms with van der Waals surface area (Å²) in [6.07, 6.45) is 0. The molecule has 1 atom stereocenters. The average Bonchev–Trinajstić information content (AvgIpc) is 3.27. The molecule has 0 saturated carbocycles. The normalized spacial score (nSPS) is 17.1. The predicted molar refractivity (Wildman–Crippen MR) is 135 cm³/mol. The van der Waals surface area contributed by atoms with Crippen molar-refractivity contribution in [2.75, 3.05) is 17.7 Å². The fourth-order valence-corrected chi connectivity index (χ4v) is 4.71. The average molecular weight is 480 g/mol. The van der Waals surface area contributed by atoms with Gasteiger partial charge in [0.05, 0.1) is 22.2 Å². The van der Waals surface area contributed by atoms with Crippen molar-refractivity contribution in [1.82, 2.24) is 4.90 Å². The summed E-state index contributed by atoms with van der Waals surface area (Å²) in [5.41, 5.74) is -2.41. The maximum Gasteiger partial charge on any atom is 0.256 e. The first-order chi connectivity index (χ1) is 15.6. The Balaban J connectivity index is 1.79. The molecule has 1 unspecified atom stereocenters. The van der Waals surface area contributed by atoms with Gasteiger partial charge in [-0.25, -0.2) is 0 Å². The number of halogens is 1. The Bertz CT molecular complexity index is 1390. The molecule has 2 radical (unpaired) electrons. The maximum atomic E-state index is 13.1. The SMILES string of the molecule is [B]C(Nc1c(Nc2ccc(Cl)c3c2C(=O)N(C)C3(C)C)c(=O)c1=O)(c1ccc(C)o1)C(C)(C)C. The first kappa shape index (κ1) is 24.1. The zero-order chi connectivity index (χ0) is 25.4. The van der Waals surface area contributed by atoms with Crippen molar-refractivity contribution in [2.45, 2.75) is 52.5 Å². The topological polar surface area (TPSA) is 91.6 Å². The molecule has 7 nitrogen and oxygen atoms in total. The third kappa shape index (κ3) is 3.30. The molecule has 34 heavy (non-hydrogen) atoms. The number of rotatable bonds is 5. The number of furan rings is 1. The number of anilines is 3. The third-order valence-corrected chi connectivity index (χ3v) is 7.24. The molecule has 0 bridgehead atoms.